The molecule has 0 spiro atoms. The number of aromatic carboxylic acids is 1. The lowest BCUT2D eigenvalue weighted by molar-refractivity contribution is -0.122. The van der Waals surface area contributed by atoms with Gasteiger partial charge < -0.3 is 27.3 Å². The van der Waals surface area contributed by atoms with Gasteiger partial charge in [-0.25, -0.2) is 14.2 Å². The molecule has 37 heavy (non-hydrogen) atoms. The maximum absolute atomic E-state index is 14.9. The number of nitrogen functional groups attached to an aromatic ring is 2. The van der Waals surface area contributed by atoms with E-state index in [1.54, 1.807) is 38.4 Å². The highest BCUT2D eigenvalue weighted by atomic mass is 32.2. The van der Waals surface area contributed by atoms with E-state index in [9.17, 15) is 23.9 Å². The minimum absolute atomic E-state index is 0.0729. The van der Waals surface area contributed by atoms with Gasteiger partial charge >= 0.3 is 5.97 Å². The first-order valence-corrected chi connectivity index (χ1v) is 11.6. The Labute approximate surface area is 215 Å². The summed E-state index contributed by atoms with van der Waals surface area (Å²) in [4.78, 5) is 37.7. The number of halogens is 1. The molecule has 8 N–H and O–H groups in total. The predicted octanol–water partition coefficient (Wildman–Crippen LogP) is 1.91. The normalized spacial score (nSPS) is 10.8. The lowest BCUT2D eigenvalue weighted by atomic mass is 10.1. The van der Waals surface area contributed by atoms with Gasteiger partial charge in [-0.15, -0.1) is 0 Å². The van der Waals surface area contributed by atoms with Crippen LogP contribution in [-0.2, 0) is 17.9 Å². The molecule has 11 nitrogen and oxygen atoms in total. The molecule has 3 rings (SSSR count). The third-order valence-electron chi connectivity index (χ3n) is 5.00. The second kappa shape index (κ2) is 11.6. The van der Waals surface area contributed by atoms with Crippen LogP contribution in [0.5, 0.6) is 0 Å². The molecule has 0 fully saturated rings. The number of nitrogens with two attached hydrogens (primary N) is 2. The zero-order valence-electron chi connectivity index (χ0n) is 20.0. The minimum Gasteiger partial charge on any atom is -0.478 e. The first-order valence-electron chi connectivity index (χ1n) is 10.8. The highest BCUT2D eigenvalue weighted by Gasteiger charge is 2.19. The molecular weight excluding hydrogens is 501 g/mol. The Morgan fingerprint density at radius 2 is 1.81 bits per heavy atom. The van der Waals surface area contributed by atoms with E-state index in [2.05, 4.69) is 10.7 Å². The van der Waals surface area contributed by atoms with Crippen molar-refractivity contribution in [2.45, 2.75) is 23.0 Å². The van der Waals surface area contributed by atoms with E-state index >= 15 is 0 Å². The number of hydrazine groups is 1. The molecule has 0 saturated carbocycles. The van der Waals surface area contributed by atoms with Crippen LogP contribution in [0.3, 0.4) is 0 Å². The smallest absolute Gasteiger partial charge is 0.335 e. The average molecular weight is 528 g/mol. The van der Waals surface area contributed by atoms with Gasteiger partial charge in [0.25, 0.3) is 5.56 Å². The molecule has 0 atom stereocenters. The lowest BCUT2D eigenvalue weighted by Crippen LogP contribution is -2.36. The second-order valence-electron chi connectivity index (χ2n) is 8.19. The van der Waals surface area contributed by atoms with Crippen LogP contribution in [0.4, 0.5) is 15.8 Å². The zero-order chi connectivity index (χ0) is 27.3. The standard InChI is InChI=1S/C24H26FN7O4S/c1-31(2)30-21-18(25)10-20(37-17-8-15(24(35)36)7-16(26)9-17)32(23(21)34)12-19(33)29-11-13-3-5-14(6-4-13)22(27)28/h3-10,30H,11-12,26H2,1-2H3,(H3,27,28)(H,29,33)(H,35,36). The number of hydrogen-bond acceptors (Lipinski definition) is 8. The fourth-order valence-corrected chi connectivity index (χ4v) is 4.32. The number of nitrogens with zero attached hydrogens (tertiary/aromatic N) is 2. The quantitative estimate of drug-likeness (QED) is 0.0994. The number of hydrogen-bond donors (Lipinski definition) is 6. The third kappa shape index (κ3) is 7.08. The van der Waals surface area contributed by atoms with Crippen LogP contribution in [0, 0.1) is 11.2 Å². The summed E-state index contributed by atoms with van der Waals surface area (Å²) >= 11 is 0.903. The van der Waals surface area contributed by atoms with Gasteiger partial charge in [-0.2, -0.15) is 0 Å². The van der Waals surface area contributed by atoms with E-state index in [1.807, 2.05) is 0 Å². The van der Waals surface area contributed by atoms with Crippen LogP contribution < -0.4 is 27.8 Å². The Kier molecular flexibility index (Phi) is 8.52. The highest BCUT2D eigenvalue weighted by Crippen LogP contribution is 2.31. The topological polar surface area (TPSA) is 180 Å². The summed E-state index contributed by atoms with van der Waals surface area (Å²) in [5, 5.41) is 20.9. The average Bonchev–Trinajstić information content (AvgIpc) is 2.82. The van der Waals surface area contributed by atoms with Crippen LogP contribution >= 0.6 is 11.8 Å². The molecule has 0 radical (unpaired) electrons. The lowest BCUT2D eigenvalue weighted by Gasteiger charge is -2.18. The number of benzene rings is 2. The van der Waals surface area contributed by atoms with Crippen molar-refractivity contribution < 1.29 is 19.1 Å². The van der Waals surface area contributed by atoms with Crippen molar-refractivity contribution in [1.29, 1.82) is 5.41 Å². The molecule has 0 bridgehead atoms. The van der Waals surface area contributed by atoms with Crippen LogP contribution in [0.15, 0.2) is 63.2 Å². The van der Waals surface area contributed by atoms with Crippen molar-refractivity contribution in [2.75, 3.05) is 25.3 Å². The van der Waals surface area contributed by atoms with Crippen LogP contribution in [-0.4, -0.2) is 46.5 Å². The number of rotatable bonds is 10. The number of nitrogens with one attached hydrogen (secondary N) is 3. The van der Waals surface area contributed by atoms with Crippen molar-refractivity contribution in [3.8, 4) is 0 Å². The van der Waals surface area contributed by atoms with E-state index in [0.717, 1.165) is 28.0 Å². The number of aromatic nitrogens is 1. The molecule has 0 aliphatic carbocycles. The summed E-state index contributed by atoms with van der Waals surface area (Å²) in [5.41, 5.74) is 14.1. The van der Waals surface area contributed by atoms with Gasteiger partial charge in [0, 0.05) is 42.9 Å². The Hall–Kier alpha value is -4.36. The van der Waals surface area contributed by atoms with Crippen molar-refractivity contribution >= 4 is 40.8 Å². The molecule has 0 aliphatic heterocycles. The molecule has 0 unspecified atom stereocenters. The predicted molar refractivity (Wildman–Crippen MR) is 139 cm³/mol. The molecule has 0 aliphatic rings. The van der Waals surface area contributed by atoms with Gasteiger partial charge in [-0.1, -0.05) is 36.0 Å². The van der Waals surface area contributed by atoms with Crippen LogP contribution in [0.25, 0.3) is 0 Å². The summed E-state index contributed by atoms with van der Waals surface area (Å²) in [6.45, 7) is -0.279. The molecule has 0 saturated heterocycles. The Bertz CT molecular complexity index is 1410. The Morgan fingerprint density at radius 1 is 1.14 bits per heavy atom. The first-order chi connectivity index (χ1) is 17.4. The highest BCUT2D eigenvalue weighted by molar-refractivity contribution is 7.99. The van der Waals surface area contributed by atoms with Gasteiger partial charge in [-0.05, 0) is 23.8 Å². The first kappa shape index (κ1) is 27.2. The van der Waals surface area contributed by atoms with E-state index in [-0.39, 0.29) is 34.3 Å². The zero-order valence-corrected chi connectivity index (χ0v) is 20.9. The summed E-state index contributed by atoms with van der Waals surface area (Å²) in [5.74, 6) is -2.63. The second-order valence-corrected chi connectivity index (χ2v) is 9.28. The van der Waals surface area contributed by atoms with Gasteiger partial charge in [0.1, 0.15) is 12.4 Å². The minimum atomic E-state index is -1.20. The third-order valence-corrected chi connectivity index (χ3v) is 6.02. The summed E-state index contributed by atoms with van der Waals surface area (Å²) in [6, 6.07) is 11.9. The number of carboxylic acids is 1. The summed E-state index contributed by atoms with van der Waals surface area (Å²) < 4.78 is 16.0. The monoisotopic (exact) mass is 527 g/mol. The number of anilines is 2. The molecule has 1 aromatic heterocycles. The maximum Gasteiger partial charge on any atom is 0.335 e. The molecule has 194 valence electrons. The molecule has 3 aromatic rings. The Balaban J connectivity index is 1.91. The van der Waals surface area contributed by atoms with Crippen molar-refractivity contribution in [3.05, 3.63) is 81.4 Å². The summed E-state index contributed by atoms with van der Waals surface area (Å²) in [7, 11) is 3.16. The largest absolute Gasteiger partial charge is 0.478 e. The SMILES string of the molecule is CN(C)Nc1c(F)cc(Sc2cc(N)cc(C(=O)O)c2)n(CC(=O)NCc2ccc(C(=N)N)cc2)c1=O. The van der Waals surface area contributed by atoms with Gasteiger partial charge in [0.05, 0.1) is 10.6 Å². The Morgan fingerprint density at radius 3 is 2.41 bits per heavy atom. The molecule has 1 amide bonds. The van der Waals surface area contributed by atoms with E-state index in [4.69, 9.17) is 16.9 Å². The van der Waals surface area contributed by atoms with Crippen molar-refractivity contribution in [1.82, 2.24) is 14.9 Å². The number of carbonyl (C=O) groups is 2. The van der Waals surface area contributed by atoms with Crippen molar-refractivity contribution in [2.24, 2.45) is 5.73 Å². The molecular formula is C24H26FN7O4S. The molecule has 2 aromatic carbocycles. The van der Waals surface area contributed by atoms with E-state index in [0.29, 0.717) is 10.5 Å². The molecule has 1 heterocycles. The van der Waals surface area contributed by atoms with Crippen LogP contribution in [0.2, 0.25) is 0 Å². The van der Waals surface area contributed by atoms with E-state index in [1.165, 1.54) is 23.2 Å². The number of carboxylic acid groups (broad SMARTS) is 1. The van der Waals surface area contributed by atoms with Gasteiger partial charge in [-0.3, -0.25) is 19.6 Å². The number of amides is 1. The van der Waals surface area contributed by atoms with E-state index < -0.39 is 29.8 Å². The number of carbonyl (C=O) groups excluding carboxylic acids is 1. The number of amidine groups is 1. The fourth-order valence-electron chi connectivity index (χ4n) is 3.28. The van der Waals surface area contributed by atoms with Gasteiger partial charge in [0.2, 0.25) is 5.91 Å². The van der Waals surface area contributed by atoms with Crippen molar-refractivity contribution in [3.63, 3.8) is 0 Å². The fraction of sp³-hybridized carbons (Fsp3) is 0.167. The maximum atomic E-state index is 14.9. The van der Waals surface area contributed by atoms with Crippen LogP contribution in [0.1, 0.15) is 21.5 Å². The van der Waals surface area contributed by atoms with Gasteiger partial charge in [0.15, 0.2) is 11.5 Å². The molecule has 13 heteroatoms. The summed E-state index contributed by atoms with van der Waals surface area (Å²) in [6.07, 6.45) is 0. The number of pyridine rings is 1.